The van der Waals surface area contributed by atoms with E-state index in [0.717, 1.165) is 46.3 Å². The van der Waals surface area contributed by atoms with E-state index in [0.29, 0.717) is 30.4 Å². The van der Waals surface area contributed by atoms with Gasteiger partial charge in [-0.25, -0.2) is 15.0 Å². The monoisotopic (exact) mass is 466 g/mol. The molecule has 0 bridgehead atoms. The summed E-state index contributed by atoms with van der Waals surface area (Å²) in [5.41, 5.74) is 11.1. The molecule has 2 N–H and O–H groups in total. The van der Waals surface area contributed by atoms with Crippen LogP contribution in [-0.2, 0) is 17.8 Å². The molecule has 0 fully saturated rings. The number of fused-ring (bicyclic) bond motifs is 1. The molecule has 4 heterocycles. The molecule has 0 unspecified atom stereocenters. The smallest absolute Gasteiger partial charge is 0.254 e. The maximum Gasteiger partial charge on any atom is 0.254 e. The number of nitrogens with zero attached hydrogens (tertiary/aromatic N) is 5. The quantitative estimate of drug-likeness (QED) is 0.458. The fourth-order valence-electron chi connectivity index (χ4n) is 4.06. The van der Waals surface area contributed by atoms with Crippen molar-refractivity contribution in [2.75, 3.05) is 18.9 Å². The number of aromatic nitrogens is 4. The molecular formula is C27H26N6O2. The number of aryl methyl sites for hydroxylation is 1. The number of nitrogens with two attached hydrogens (primary N) is 1. The largest absolute Gasteiger partial charge is 0.383 e. The average molecular weight is 467 g/mol. The van der Waals surface area contributed by atoms with Crippen molar-refractivity contribution in [3.8, 4) is 0 Å². The lowest BCUT2D eigenvalue weighted by Crippen LogP contribution is -2.31. The van der Waals surface area contributed by atoms with Gasteiger partial charge in [-0.3, -0.25) is 9.78 Å². The maximum atomic E-state index is 13.6. The third-order valence-corrected chi connectivity index (χ3v) is 5.99. The summed E-state index contributed by atoms with van der Waals surface area (Å²) in [4.78, 5) is 33.0. The molecule has 0 saturated heterocycles. The highest BCUT2D eigenvalue weighted by molar-refractivity contribution is 5.98. The molecule has 0 saturated carbocycles. The number of anilines is 1. The molecule has 4 aromatic rings. The lowest BCUT2D eigenvalue weighted by molar-refractivity contribution is 0.0723. The number of ether oxygens (including phenoxy) is 1. The molecule has 0 radical (unpaired) electrons. The van der Waals surface area contributed by atoms with E-state index in [1.54, 1.807) is 29.4 Å². The van der Waals surface area contributed by atoms with Gasteiger partial charge in [0.25, 0.3) is 5.91 Å². The van der Waals surface area contributed by atoms with Crippen LogP contribution in [0.4, 0.5) is 5.82 Å². The third-order valence-electron chi connectivity index (χ3n) is 5.99. The molecule has 1 aliphatic heterocycles. The zero-order valence-electron chi connectivity index (χ0n) is 19.5. The molecule has 0 aliphatic carbocycles. The lowest BCUT2D eigenvalue weighted by Gasteiger charge is -2.22. The van der Waals surface area contributed by atoms with E-state index in [9.17, 15) is 4.79 Å². The van der Waals surface area contributed by atoms with E-state index in [2.05, 4.69) is 26.0 Å². The van der Waals surface area contributed by atoms with E-state index in [1.807, 2.05) is 43.5 Å². The van der Waals surface area contributed by atoms with Crippen molar-refractivity contribution in [3.63, 3.8) is 0 Å². The highest BCUT2D eigenvalue weighted by Crippen LogP contribution is 2.22. The van der Waals surface area contributed by atoms with Crippen molar-refractivity contribution in [3.05, 3.63) is 95.3 Å². The molecule has 176 valence electrons. The Hall–Kier alpha value is -4.17. The first kappa shape index (κ1) is 22.6. The van der Waals surface area contributed by atoms with Crippen LogP contribution >= 0.6 is 0 Å². The van der Waals surface area contributed by atoms with Crippen molar-refractivity contribution >= 4 is 28.2 Å². The molecule has 8 nitrogen and oxygen atoms in total. The first-order valence-corrected chi connectivity index (χ1v) is 11.5. The Labute approximate surface area is 203 Å². The Morgan fingerprint density at radius 2 is 1.94 bits per heavy atom. The van der Waals surface area contributed by atoms with Crippen LogP contribution in [0.5, 0.6) is 0 Å². The van der Waals surface area contributed by atoms with Gasteiger partial charge in [-0.15, -0.1) is 0 Å². The predicted octanol–water partition coefficient (Wildman–Crippen LogP) is 3.96. The van der Waals surface area contributed by atoms with Crippen LogP contribution in [0.25, 0.3) is 16.5 Å². The van der Waals surface area contributed by atoms with Crippen LogP contribution in [-0.4, -0.2) is 44.0 Å². The SMILES string of the molecule is Cc1cc2cc(C(=O)N(Cc3ccc(C4=CCCOC4)cn3)Cc3ncccn3)ccc2nc1N. The molecule has 0 spiro atoms. The van der Waals surface area contributed by atoms with E-state index in [4.69, 9.17) is 10.5 Å². The lowest BCUT2D eigenvalue weighted by atomic mass is 10.1. The van der Waals surface area contributed by atoms with Crippen molar-refractivity contribution < 1.29 is 9.53 Å². The van der Waals surface area contributed by atoms with E-state index in [-0.39, 0.29) is 12.5 Å². The van der Waals surface area contributed by atoms with Gasteiger partial charge in [0.15, 0.2) is 0 Å². The number of hydrogen-bond acceptors (Lipinski definition) is 7. The summed E-state index contributed by atoms with van der Waals surface area (Å²) in [6, 6.07) is 13.1. The van der Waals surface area contributed by atoms with E-state index >= 15 is 0 Å². The summed E-state index contributed by atoms with van der Waals surface area (Å²) in [5.74, 6) is 0.917. The number of carbonyl (C=O) groups excluding carboxylic acids is 1. The molecular weight excluding hydrogens is 440 g/mol. The Morgan fingerprint density at radius 1 is 1.09 bits per heavy atom. The minimum atomic E-state index is -0.136. The van der Waals surface area contributed by atoms with Gasteiger partial charge in [-0.2, -0.15) is 0 Å². The third kappa shape index (κ3) is 5.17. The summed E-state index contributed by atoms with van der Waals surface area (Å²) < 4.78 is 5.55. The summed E-state index contributed by atoms with van der Waals surface area (Å²) in [6.45, 7) is 3.84. The van der Waals surface area contributed by atoms with Crippen LogP contribution in [0.3, 0.4) is 0 Å². The zero-order chi connectivity index (χ0) is 24.2. The van der Waals surface area contributed by atoms with Gasteiger partial charge in [0.05, 0.1) is 37.5 Å². The van der Waals surface area contributed by atoms with Crippen LogP contribution in [0.15, 0.2) is 67.1 Å². The normalized spacial score (nSPS) is 13.5. The van der Waals surface area contributed by atoms with Crippen molar-refractivity contribution in [2.45, 2.75) is 26.4 Å². The molecule has 1 amide bonds. The van der Waals surface area contributed by atoms with Gasteiger partial charge in [-0.05, 0) is 66.4 Å². The molecule has 8 heteroatoms. The number of hydrogen-bond donors (Lipinski definition) is 1. The van der Waals surface area contributed by atoms with Gasteiger partial charge in [0, 0.05) is 29.5 Å². The van der Waals surface area contributed by atoms with Crippen LogP contribution in [0, 0.1) is 6.92 Å². The van der Waals surface area contributed by atoms with Gasteiger partial charge in [-0.1, -0.05) is 12.1 Å². The standard InChI is InChI=1S/C27H26N6O2/c1-18-12-22-13-19(6-8-24(22)32-26(18)28)27(34)33(16-25-29-9-3-10-30-25)15-23-7-5-20(14-31-23)21-4-2-11-35-17-21/h3-10,12-14H,2,11,15-17H2,1H3,(H2,28,32). The second kappa shape index (κ2) is 9.99. The fourth-order valence-corrected chi connectivity index (χ4v) is 4.06. The molecule has 5 rings (SSSR count). The van der Waals surface area contributed by atoms with Crippen LogP contribution < -0.4 is 5.73 Å². The highest BCUT2D eigenvalue weighted by Gasteiger charge is 2.19. The highest BCUT2D eigenvalue weighted by atomic mass is 16.5. The Bertz CT molecular complexity index is 1390. The minimum Gasteiger partial charge on any atom is -0.383 e. The van der Waals surface area contributed by atoms with Crippen molar-refractivity contribution in [1.82, 2.24) is 24.8 Å². The number of benzene rings is 1. The van der Waals surface area contributed by atoms with Gasteiger partial charge in [0.2, 0.25) is 0 Å². The number of carbonyl (C=O) groups is 1. The Morgan fingerprint density at radius 3 is 2.69 bits per heavy atom. The minimum absolute atomic E-state index is 0.136. The molecule has 0 atom stereocenters. The topological polar surface area (TPSA) is 107 Å². The number of rotatable bonds is 6. The Kier molecular flexibility index (Phi) is 6.45. The molecule has 1 aromatic carbocycles. The second-order valence-corrected chi connectivity index (χ2v) is 8.53. The average Bonchev–Trinajstić information content (AvgIpc) is 2.90. The van der Waals surface area contributed by atoms with E-state index in [1.165, 1.54) is 0 Å². The molecule has 3 aromatic heterocycles. The molecule has 1 aliphatic rings. The van der Waals surface area contributed by atoms with E-state index < -0.39 is 0 Å². The zero-order valence-corrected chi connectivity index (χ0v) is 19.5. The van der Waals surface area contributed by atoms with Gasteiger partial charge < -0.3 is 15.4 Å². The Balaban J connectivity index is 1.43. The van der Waals surface area contributed by atoms with Gasteiger partial charge >= 0.3 is 0 Å². The first-order valence-electron chi connectivity index (χ1n) is 11.5. The van der Waals surface area contributed by atoms with Crippen molar-refractivity contribution in [2.24, 2.45) is 0 Å². The van der Waals surface area contributed by atoms with Crippen molar-refractivity contribution in [1.29, 1.82) is 0 Å². The van der Waals surface area contributed by atoms with Crippen LogP contribution in [0.2, 0.25) is 0 Å². The van der Waals surface area contributed by atoms with Gasteiger partial charge in [0.1, 0.15) is 11.6 Å². The summed E-state index contributed by atoms with van der Waals surface area (Å²) in [6.07, 6.45) is 8.28. The fraction of sp³-hybridized carbons (Fsp3) is 0.222. The first-order chi connectivity index (χ1) is 17.1. The number of amides is 1. The summed E-state index contributed by atoms with van der Waals surface area (Å²) in [7, 11) is 0. The maximum absolute atomic E-state index is 13.6. The molecule has 35 heavy (non-hydrogen) atoms. The second-order valence-electron chi connectivity index (χ2n) is 8.53. The number of pyridine rings is 2. The van der Waals surface area contributed by atoms with Crippen LogP contribution in [0.1, 0.15) is 39.4 Å². The number of nitrogen functional groups attached to an aromatic ring is 1. The summed E-state index contributed by atoms with van der Waals surface area (Å²) >= 11 is 0. The summed E-state index contributed by atoms with van der Waals surface area (Å²) in [5, 5.41) is 0.865. The predicted molar refractivity (Wildman–Crippen MR) is 134 cm³/mol.